The Hall–Kier alpha value is -1.42. The third-order valence-corrected chi connectivity index (χ3v) is 2.32. The normalized spacial score (nSPS) is 10.2. The summed E-state index contributed by atoms with van der Waals surface area (Å²) in [5.74, 6) is 0.148. The molecule has 4 heteroatoms. The van der Waals surface area contributed by atoms with Crippen molar-refractivity contribution >= 4 is 5.91 Å². The summed E-state index contributed by atoms with van der Waals surface area (Å²) in [5.41, 5.74) is 2.16. The van der Waals surface area contributed by atoms with Crippen molar-refractivity contribution < 1.29 is 4.79 Å². The Balaban J connectivity index is 2.21. The van der Waals surface area contributed by atoms with Gasteiger partial charge in [-0.25, -0.2) is 0 Å². The van der Waals surface area contributed by atoms with Gasteiger partial charge in [-0.3, -0.25) is 9.78 Å². The molecule has 0 atom stereocenters. The van der Waals surface area contributed by atoms with E-state index in [1.807, 2.05) is 25.3 Å². The van der Waals surface area contributed by atoms with Gasteiger partial charge in [-0.2, -0.15) is 0 Å². The highest BCUT2D eigenvalue weighted by Crippen LogP contribution is 1.98. The molecule has 0 spiro atoms. The van der Waals surface area contributed by atoms with E-state index in [0.717, 1.165) is 17.8 Å². The van der Waals surface area contributed by atoms with Gasteiger partial charge in [-0.1, -0.05) is 6.07 Å². The summed E-state index contributed by atoms with van der Waals surface area (Å²) in [6.45, 7) is 3.42. The fourth-order valence-corrected chi connectivity index (χ4v) is 1.25. The van der Waals surface area contributed by atoms with Crippen LogP contribution in [-0.4, -0.2) is 36.4 Å². The van der Waals surface area contributed by atoms with Gasteiger partial charge < -0.3 is 10.2 Å². The van der Waals surface area contributed by atoms with Crippen molar-refractivity contribution in [2.75, 3.05) is 20.6 Å². The van der Waals surface area contributed by atoms with Crippen LogP contribution in [0.1, 0.15) is 17.7 Å². The molecule has 0 aliphatic carbocycles. The first-order valence-corrected chi connectivity index (χ1v) is 5.42. The summed E-state index contributed by atoms with van der Waals surface area (Å²) in [6.07, 6.45) is 2.39. The zero-order valence-electron chi connectivity index (χ0n) is 10.2. The predicted octanol–water partition coefficient (Wildman–Crippen LogP) is 0.958. The van der Waals surface area contributed by atoms with E-state index in [9.17, 15) is 4.79 Å². The maximum atomic E-state index is 11.3. The van der Waals surface area contributed by atoms with Crippen LogP contribution >= 0.6 is 0 Å². The highest BCUT2D eigenvalue weighted by Gasteiger charge is 2.02. The standard InChI is InChI=1S/C12H19N3O/c1-10-4-5-11(9-14-10)8-13-7-6-12(16)15(2)3/h4-5,9,13H,6-8H2,1-3H3. The average Bonchev–Trinajstić information content (AvgIpc) is 2.26. The van der Waals surface area contributed by atoms with Crippen LogP contribution in [0, 0.1) is 6.92 Å². The van der Waals surface area contributed by atoms with Crippen LogP contribution < -0.4 is 5.32 Å². The Kier molecular flexibility index (Phi) is 4.92. The molecule has 0 fully saturated rings. The molecule has 1 aromatic heterocycles. The lowest BCUT2D eigenvalue weighted by atomic mass is 10.2. The van der Waals surface area contributed by atoms with Gasteiger partial charge >= 0.3 is 0 Å². The summed E-state index contributed by atoms with van der Waals surface area (Å²) >= 11 is 0. The van der Waals surface area contributed by atoms with Crippen LogP contribution in [0.5, 0.6) is 0 Å². The Labute approximate surface area is 96.7 Å². The van der Waals surface area contributed by atoms with Crippen molar-refractivity contribution in [2.45, 2.75) is 19.9 Å². The number of rotatable bonds is 5. The quantitative estimate of drug-likeness (QED) is 0.753. The number of amides is 1. The largest absolute Gasteiger partial charge is 0.349 e. The number of carbonyl (C=O) groups excluding carboxylic acids is 1. The van der Waals surface area contributed by atoms with Gasteiger partial charge in [-0.05, 0) is 18.6 Å². The smallest absolute Gasteiger partial charge is 0.223 e. The van der Waals surface area contributed by atoms with Crippen LogP contribution in [-0.2, 0) is 11.3 Å². The van der Waals surface area contributed by atoms with E-state index in [4.69, 9.17) is 0 Å². The monoisotopic (exact) mass is 221 g/mol. The molecule has 1 N–H and O–H groups in total. The number of nitrogens with one attached hydrogen (secondary N) is 1. The van der Waals surface area contributed by atoms with Crippen molar-refractivity contribution in [3.05, 3.63) is 29.6 Å². The van der Waals surface area contributed by atoms with Crippen LogP contribution in [0.15, 0.2) is 18.3 Å². The predicted molar refractivity (Wildman–Crippen MR) is 64.0 cm³/mol. The van der Waals surface area contributed by atoms with E-state index in [1.54, 1.807) is 19.0 Å². The molecule has 1 heterocycles. The van der Waals surface area contributed by atoms with Gasteiger partial charge in [0.1, 0.15) is 0 Å². The molecule has 1 rings (SSSR count). The second-order valence-corrected chi connectivity index (χ2v) is 4.02. The van der Waals surface area contributed by atoms with Gasteiger partial charge in [0.25, 0.3) is 0 Å². The van der Waals surface area contributed by atoms with E-state index < -0.39 is 0 Å². The van der Waals surface area contributed by atoms with Gasteiger partial charge in [0.05, 0.1) is 0 Å². The molecular weight excluding hydrogens is 202 g/mol. The SMILES string of the molecule is Cc1ccc(CNCCC(=O)N(C)C)cn1. The van der Waals surface area contributed by atoms with Crippen molar-refractivity contribution in [2.24, 2.45) is 0 Å². The van der Waals surface area contributed by atoms with E-state index in [1.165, 1.54) is 0 Å². The van der Waals surface area contributed by atoms with Crippen LogP contribution in [0.4, 0.5) is 0 Å². The summed E-state index contributed by atoms with van der Waals surface area (Å²) in [5, 5.41) is 3.22. The number of pyridine rings is 1. The van der Waals surface area contributed by atoms with Gasteiger partial charge in [0.2, 0.25) is 5.91 Å². The third kappa shape index (κ3) is 4.40. The van der Waals surface area contributed by atoms with Crippen molar-refractivity contribution in [3.63, 3.8) is 0 Å². The van der Waals surface area contributed by atoms with Crippen LogP contribution in [0.25, 0.3) is 0 Å². The summed E-state index contributed by atoms with van der Waals surface area (Å²) in [6, 6.07) is 4.03. The lowest BCUT2D eigenvalue weighted by molar-refractivity contribution is -0.128. The molecule has 0 radical (unpaired) electrons. The molecule has 0 unspecified atom stereocenters. The molecular formula is C12H19N3O. The Bertz CT molecular complexity index is 333. The van der Waals surface area contributed by atoms with E-state index in [-0.39, 0.29) is 5.91 Å². The van der Waals surface area contributed by atoms with Gasteiger partial charge in [-0.15, -0.1) is 0 Å². The van der Waals surface area contributed by atoms with Crippen molar-refractivity contribution in [1.29, 1.82) is 0 Å². The summed E-state index contributed by atoms with van der Waals surface area (Å²) in [4.78, 5) is 17.1. The lowest BCUT2D eigenvalue weighted by Gasteiger charge is -2.10. The Morgan fingerprint density at radius 1 is 1.44 bits per heavy atom. The summed E-state index contributed by atoms with van der Waals surface area (Å²) < 4.78 is 0. The third-order valence-electron chi connectivity index (χ3n) is 2.32. The molecule has 1 amide bonds. The summed E-state index contributed by atoms with van der Waals surface area (Å²) in [7, 11) is 3.54. The van der Waals surface area contributed by atoms with Gasteiger partial charge in [0, 0.05) is 45.5 Å². The van der Waals surface area contributed by atoms with E-state index >= 15 is 0 Å². The highest BCUT2D eigenvalue weighted by molar-refractivity contribution is 5.75. The average molecular weight is 221 g/mol. The fourth-order valence-electron chi connectivity index (χ4n) is 1.25. The maximum absolute atomic E-state index is 11.3. The number of hydrogen-bond donors (Lipinski definition) is 1. The number of aromatic nitrogens is 1. The first-order chi connectivity index (χ1) is 7.59. The molecule has 88 valence electrons. The first-order valence-electron chi connectivity index (χ1n) is 5.42. The number of aryl methyl sites for hydroxylation is 1. The minimum absolute atomic E-state index is 0.148. The van der Waals surface area contributed by atoms with Crippen LogP contribution in [0.3, 0.4) is 0 Å². The zero-order valence-corrected chi connectivity index (χ0v) is 10.2. The minimum Gasteiger partial charge on any atom is -0.349 e. The van der Waals surface area contributed by atoms with Crippen molar-refractivity contribution in [1.82, 2.24) is 15.2 Å². The van der Waals surface area contributed by atoms with Crippen LogP contribution in [0.2, 0.25) is 0 Å². The van der Waals surface area contributed by atoms with Crippen molar-refractivity contribution in [3.8, 4) is 0 Å². The Morgan fingerprint density at radius 2 is 2.19 bits per heavy atom. The molecule has 1 aromatic rings. The van der Waals surface area contributed by atoms with Gasteiger partial charge in [0.15, 0.2) is 0 Å². The molecule has 0 saturated carbocycles. The van der Waals surface area contributed by atoms with E-state index in [2.05, 4.69) is 10.3 Å². The second kappa shape index (κ2) is 6.23. The molecule has 4 nitrogen and oxygen atoms in total. The number of carbonyl (C=O) groups is 1. The second-order valence-electron chi connectivity index (χ2n) is 4.02. The highest BCUT2D eigenvalue weighted by atomic mass is 16.2. The fraction of sp³-hybridized carbons (Fsp3) is 0.500. The van der Waals surface area contributed by atoms with E-state index in [0.29, 0.717) is 13.0 Å². The molecule has 0 aliphatic rings. The lowest BCUT2D eigenvalue weighted by Crippen LogP contribution is -2.26. The molecule has 0 saturated heterocycles. The first kappa shape index (κ1) is 12.6. The molecule has 0 aromatic carbocycles. The Morgan fingerprint density at radius 3 is 2.75 bits per heavy atom. The molecule has 0 bridgehead atoms. The molecule has 16 heavy (non-hydrogen) atoms. The number of hydrogen-bond acceptors (Lipinski definition) is 3. The minimum atomic E-state index is 0.148. The topological polar surface area (TPSA) is 45.2 Å². The zero-order chi connectivity index (χ0) is 12.0. The number of nitrogens with zero attached hydrogens (tertiary/aromatic N) is 2. The maximum Gasteiger partial charge on any atom is 0.223 e. The molecule has 0 aliphatic heterocycles.